The number of rotatable bonds is 8. The Labute approximate surface area is 209 Å². The first-order valence-electron chi connectivity index (χ1n) is 12.2. The molecule has 0 bridgehead atoms. The Hall–Kier alpha value is -4.13. The zero-order valence-corrected chi connectivity index (χ0v) is 20.6. The van der Waals surface area contributed by atoms with E-state index in [1.807, 2.05) is 57.2 Å². The van der Waals surface area contributed by atoms with Gasteiger partial charge in [-0.15, -0.1) is 0 Å². The summed E-state index contributed by atoms with van der Waals surface area (Å²) in [4.78, 5) is 33.3. The van der Waals surface area contributed by atoms with Crippen LogP contribution in [0.25, 0.3) is 11.0 Å². The van der Waals surface area contributed by atoms with Gasteiger partial charge < -0.3 is 18.8 Å². The lowest BCUT2D eigenvalue weighted by Gasteiger charge is -2.26. The number of carbonyl (C=O) groups excluding carboxylic acids is 1. The van der Waals surface area contributed by atoms with Gasteiger partial charge in [-0.1, -0.05) is 30.7 Å². The van der Waals surface area contributed by atoms with Gasteiger partial charge in [-0.25, -0.2) is 0 Å². The highest BCUT2D eigenvalue weighted by Gasteiger charge is 2.43. The van der Waals surface area contributed by atoms with Crippen LogP contribution in [0, 0.1) is 6.92 Å². The Morgan fingerprint density at radius 3 is 2.64 bits per heavy atom. The number of aromatic nitrogens is 1. The first-order valence-corrected chi connectivity index (χ1v) is 12.2. The Bertz CT molecular complexity index is 1480. The van der Waals surface area contributed by atoms with E-state index in [1.54, 1.807) is 29.4 Å². The maximum atomic E-state index is 13.8. The maximum Gasteiger partial charge on any atom is 0.291 e. The van der Waals surface area contributed by atoms with Crippen LogP contribution in [0.4, 0.5) is 0 Å². The number of aryl methyl sites for hydroxylation is 1. The van der Waals surface area contributed by atoms with Crippen molar-refractivity contribution in [1.29, 1.82) is 0 Å². The Balaban J connectivity index is 1.69. The molecule has 0 saturated carbocycles. The molecule has 36 heavy (non-hydrogen) atoms. The molecule has 0 saturated heterocycles. The quantitative estimate of drug-likeness (QED) is 0.332. The van der Waals surface area contributed by atoms with Crippen molar-refractivity contribution in [1.82, 2.24) is 9.88 Å². The van der Waals surface area contributed by atoms with Gasteiger partial charge in [-0.3, -0.25) is 14.6 Å². The number of hydrogen-bond acceptors (Lipinski definition) is 6. The first kappa shape index (κ1) is 23.6. The molecule has 7 heteroatoms. The third kappa shape index (κ3) is 4.21. The lowest BCUT2D eigenvalue weighted by molar-refractivity contribution is 0.0714. The Kier molecular flexibility index (Phi) is 6.46. The molecule has 1 amide bonds. The van der Waals surface area contributed by atoms with Crippen LogP contribution in [-0.2, 0) is 6.54 Å². The molecule has 7 nitrogen and oxygen atoms in total. The first-order chi connectivity index (χ1) is 17.5. The van der Waals surface area contributed by atoms with Crippen LogP contribution in [0.3, 0.4) is 0 Å². The molecule has 0 N–H and O–H groups in total. The van der Waals surface area contributed by atoms with Crippen molar-refractivity contribution in [3.8, 4) is 11.5 Å². The molecule has 4 aromatic rings. The summed E-state index contributed by atoms with van der Waals surface area (Å²) in [7, 11) is 0. The second-order valence-electron chi connectivity index (χ2n) is 8.86. The summed E-state index contributed by atoms with van der Waals surface area (Å²) in [6, 6.07) is 14.1. The van der Waals surface area contributed by atoms with Crippen LogP contribution in [-0.4, -0.2) is 29.0 Å². The number of fused-ring (bicyclic) bond motifs is 2. The molecule has 0 aliphatic carbocycles. The Morgan fingerprint density at radius 2 is 1.89 bits per heavy atom. The molecule has 1 aliphatic rings. The molecular formula is C29H28N2O5. The predicted octanol–water partition coefficient (Wildman–Crippen LogP) is 5.43. The van der Waals surface area contributed by atoms with Crippen LogP contribution in [0.2, 0.25) is 0 Å². The van der Waals surface area contributed by atoms with Crippen LogP contribution in [0.15, 0.2) is 70.1 Å². The van der Waals surface area contributed by atoms with Crippen LogP contribution in [0.5, 0.6) is 11.5 Å². The van der Waals surface area contributed by atoms with E-state index in [4.69, 9.17) is 13.9 Å². The molecule has 0 fully saturated rings. The van der Waals surface area contributed by atoms with Crippen molar-refractivity contribution in [2.24, 2.45) is 0 Å². The fraction of sp³-hybridized carbons (Fsp3) is 0.276. The fourth-order valence-electron chi connectivity index (χ4n) is 4.63. The molecule has 0 unspecified atom stereocenters. The summed E-state index contributed by atoms with van der Waals surface area (Å²) in [6.45, 7) is 7.16. The number of carbonyl (C=O) groups is 1. The van der Waals surface area contributed by atoms with Gasteiger partial charge in [-0.05, 0) is 61.7 Å². The second-order valence-corrected chi connectivity index (χ2v) is 8.86. The van der Waals surface area contributed by atoms with E-state index in [0.29, 0.717) is 41.2 Å². The zero-order chi connectivity index (χ0) is 25.2. The van der Waals surface area contributed by atoms with Gasteiger partial charge in [0.05, 0.1) is 30.2 Å². The largest absolute Gasteiger partial charge is 0.490 e. The smallest absolute Gasteiger partial charge is 0.291 e. The van der Waals surface area contributed by atoms with Crippen molar-refractivity contribution in [3.05, 3.63) is 99.2 Å². The van der Waals surface area contributed by atoms with Gasteiger partial charge in [0.2, 0.25) is 5.76 Å². The van der Waals surface area contributed by atoms with Crippen molar-refractivity contribution < 1.29 is 18.7 Å². The Morgan fingerprint density at radius 1 is 1.03 bits per heavy atom. The van der Waals surface area contributed by atoms with Crippen molar-refractivity contribution in [3.63, 3.8) is 0 Å². The summed E-state index contributed by atoms with van der Waals surface area (Å²) < 4.78 is 17.8. The number of benzene rings is 2. The predicted molar refractivity (Wildman–Crippen MR) is 137 cm³/mol. The van der Waals surface area contributed by atoms with Gasteiger partial charge in [0.15, 0.2) is 16.9 Å². The van der Waals surface area contributed by atoms with E-state index in [0.717, 1.165) is 23.1 Å². The highest BCUT2D eigenvalue weighted by Crippen LogP contribution is 2.41. The SMILES string of the molecule is CCCOc1ccc([C@@H]2c3c(oc4ccc(C)cc4c3=O)C(=O)N2Cc2cccnc2)cc1OCC. The zero-order valence-electron chi connectivity index (χ0n) is 20.6. The number of amides is 1. The number of pyridine rings is 1. The summed E-state index contributed by atoms with van der Waals surface area (Å²) in [5.41, 5.74) is 3.08. The number of hydrogen-bond donors (Lipinski definition) is 0. The normalized spacial score (nSPS) is 14.8. The van der Waals surface area contributed by atoms with Gasteiger partial charge in [0, 0.05) is 18.9 Å². The van der Waals surface area contributed by atoms with E-state index in [-0.39, 0.29) is 23.6 Å². The number of ether oxygens (including phenoxy) is 2. The van der Waals surface area contributed by atoms with E-state index in [2.05, 4.69) is 4.98 Å². The van der Waals surface area contributed by atoms with E-state index in [9.17, 15) is 9.59 Å². The number of nitrogens with zero attached hydrogens (tertiary/aromatic N) is 2. The molecular weight excluding hydrogens is 456 g/mol. The third-order valence-electron chi connectivity index (χ3n) is 6.24. The van der Waals surface area contributed by atoms with E-state index in [1.165, 1.54) is 0 Å². The van der Waals surface area contributed by atoms with E-state index < -0.39 is 6.04 Å². The van der Waals surface area contributed by atoms with Crippen molar-refractivity contribution in [2.75, 3.05) is 13.2 Å². The topological polar surface area (TPSA) is 81.9 Å². The van der Waals surface area contributed by atoms with Gasteiger partial charge in [0.1, 0.15) is 5.58 Å². The fourth-order valence-corrected chi connectivity index (χ4v) is 4.63. The molecule has 5 rings (SSSR count). The summed E-state index contributed by atoms with van der Waals surface area (Å²) in [5.74, 6) is 0.955. The standard InChI is InChI=1S/C29H28N2O5/c1-4-13-35-23-11-9-20(15-24(23)34-5-2)26-25-27(32)21-14-18(3)8-10-22(21)36-28(25)29(33)31(26)17-19-7-6-12-30-16-19/h6-12,14-16,26H,4-5,13,17H2,1-3H3/t26-/m1/s1. The van der Waals surface area contributed by atoms with Gasteiger partial charge in [0.25, 0.3) is 5.91 Å². The maximum absolute atomic E-state index is 13.8. The van der Waals surface area contributed by atoms with Crippen LogP contribution in [0.1, 0.15) is 59.1 Å². The molecule has 184 valence electrons. The molecule has 0 radical (unpaired) electrons. The van der Waals surface area contributed by atoms with Gasteiger partial charge in [-0.2, -0.15) is 0 Å². The highest BCUT2D eigenvalue weighted by atomic mass is 16.5. The summed E-state index contributed by atoms with van der Waals surface area (Å²) in [6.07, 6.45) is 4.27. The summed E-state index contributed by atoms with van der Waals surface area (Å²) >= 11 is 0. The molecule has 2 aromatic heterocycles. The highest BCUT2D eigenvalue weighted by molar-refractivity contribution is 5.99. The van der Waals surface area contributed by atoms with Crippen molar-refractivity contribution in [2.45, 2.75) is 39.8 Å². The van der Waals surface area contributed by atoms with Crippen molar-refractivity contribution >= 4 is 16.9 Å². The molecule has 1 atom stereocenters. The summed E-state index contributed by atoms with van der Waals surface area (Å²) in [5, 5.41) is 0.461. The molecule has 3 heterocycles. The van der Waals surface area contributed by atoms with E-state index >= 15 is 0 Å². The average molecular weight is 485 g/mol. The molecule has 2 aromatic carbocycles. The van der Waals surface area contributed by atoms with Gasteiger partial charge >= 0.3 is 0 Å². The van der Waals surface area contributed by atoms with Crippen LogP contribution >= 0.6 is 0 Å². The average Bonchev–Trinajstić information content (AvgIpc) is 3.16. The monoisotopic (exact) mass is 484 g/mol. The third-order valence-corrected chi connectivity index (χ3v) is 6.24. The minimum Gasteiger partial charge on any atom is -0.490 e. The molecule has 0 spiro atoms. The minimum absolute atomic E-state index is 0.0783. The lowest BCUT2D eigenvalue weighted by atomic mass is 9.97. The molecule has 1 aliphatic heterocycles. The van der Waals surface area contributed by atoms with Crippen LogP contribution < -0.4 is 14.9 Å². The second kappa shape index (κ2) is 9.85. The lowest BCUT2D eigenvalue weighted by Crippen LogP contribution is -2.29. The minimum atomic E-state index is -0.645.